The van der Waals surface area contributed by atoms with E-state index >= 15 is 0 Å². The standard InChI is InChI=1S/C20H30O3S/c1-20(12-4-2-5-13-20)23-19(21)16-22-17-8-10-18(11-9-17)24-14-6-3-7-15-24/h8-11,24H,2-7,12-16H2,1H3. The summed E-state index contributed by atoms with van der Waals surface area (Å²) in [6, 6.07) is 8.37. The molecule has 1 aliphatic heterocycles. The number of rotatable bonds is 5. The van der Waals surface area contributed by atoms with Crippen molar-refractivity contribution in [3.63, 3.8) is 0 Å². The lowest BCUT2D eigenvalue weighted by Crippen LogP contribution is -2.35. The zero-order valence-corrected chi connectivity index (χ0v) is 15.7. The molecule has 2 aliphatic rings. The predicted molar refractivity (Wildman–Crippen MR) is 100 cm³/mol. The molecule has 3 nitrogen and oxygen atoms in total. The van der Waals surface area contributed by atoms with Gasteiger partial charge in [0.1, 0.15) is 11.4 Å². The number of esters is 1. The number of carbonyl (C=O) groups excluding carboxylic acids is 1. The van der Waals surface area contributed by atoms with Gasteiger partial charge in [-0.05, 0) is 86.1 Å². The van der Waals surface area contributed by atoms with Gasteiger partial charge in [0.05, 0.1) is 0 Å². The minimum Gasteiger partial charge on any atom is -0.482 e. The smallest absolute Gasteiger partial charge is 0.344 e. The van der Waals surface area contributed by atoms with Gasteiger partial charge in [0.25, 0.3) is 0 Å². The third-order valence-corrected chi connectivity index (χ3v) is 7.93. The summed E-state index contributed by atoms with van der Waals surface area (Å²) in [6.07, 6.45) is 9.61. The molecule has 4 heteroatoms. The van der Waals surface area contributed by atoms with Crippen molar-refractivity contribution in [2.45, 2.75) is 68.8 Å². The van der Waals surface area contributed by atoms with Crippen molar-refractivity contribution in [2.24, 2.45) is 0 Å². The monoisotopic (exact) mass is 350 g/mol. The fraction of sp³-hybridized carbons (Fsp3) is 0.650. The van der Waals surface area contributed by atoms with Crippen molar-refractivity contribution in [3.05, 3.63) is 24.3 Å². The first-order chi connectivity index (χ1) is 11.6. The molecule has 24 heavy (non-hydrogen) atoms. The topological polar surface area (TPSA) is 35.5 Å². The Morgan fingerprint density at radius 1 is 1.00 bits per heavy atom. The molecule has 1 saturated heterocycles. The summed E-state index contributed by atoms with van der Waals surface area (Å²) in [5.41, 5.74) is -0.286. The van der Waals surface area contributed by atoms with Crippen LogP contribution in [0.5, 0.6) is 5.75 Å². The van der Waals surface area contributed by atoms with Crippen LogP contribution in [0.15, 0.2) is 29.2 Å². The van der Waals surface area contributed by atoms with E-state index in [0.717, 1.165) is 31.4 Å². The Bertz CT molecular complexity index is 528. The Labute approximate surface area is 148 Å². The van der Waals surface area contributed by atoms with Gasteiger partial charge in [-0.3, -0.25) is 0 Å². The van der Waals surface area contributed by atoms with E-state index in [1.807, 2.05) is 19.1 Å². The Hall–Kier alpha value is -1.16. The van der Waals surface area contributed by atoms with Crippen LogP contribution in [-0.2, 0) is 9.53 Å². The summed E-state index contributed by atoms with van der Waals surface area (Å²) in [6.45, 7) is 2.05. The fourth-order valence-electron chi connectivity index (χ4n) is 3.75. The summed E-state index contributed by atoms with van der Waals surface area (Å²) >= 11 is 0. The Kier molecular flexibility index (Phi) is 6.09. The van der Waals surface area contributed by atoms with Crippen LogP contribution in [0.3, 0.4) is 0 Å². The molecule has 134 valence electrons. The molecule has 0 atom stereocenters. The maximum Gasteiger partial charge on any atom is 0.344 e. The van der Waals surface area contributed by atoms with Crippen LogP contribution in [-0.4, -0.2) is 29.7 Å². The van der Waals surface area contributed by atoms with Gasteiger partial charge in [-0.15, -0.1) is 0 Å². The number of benzene rings is 1. The molecule has 0 aromatic heterocycles. The van der Waals surface area contributed by atoms with Crippen LogP contribution in [0.4, 0.5) is 0 Å². The molecular weight excluding hydrogens is 320 g/mol. The highest BCUT2D eigenvalue weighted by atomic mass is 32.2. The second kappa shape index (κ2) is 8.28. The SMILES string of the molecule is CC1(OC(=O)COc2ccc([SH]3CCCCC3)cc2)CCCCC1. The van der Waals surface area contributed by atoms with Crippen LogP contribution in [0, 0.1) is 0 Å². The highest BCUT2D eigenvalue weighted by Crippen LogP contribution is 2.41. The van der Waals surface area contributed by atoms with Gasteiger partial charge in [0, 0.05) is 0 Å². The highest BCUT2D eigenvalue weighted by molar-refractivity contribution is 8.17. The molecule has 0 unspecified atom stereocenters. The van der Waals surface area contributed by atoms with Gasteiger partial charge in [0.15, 0.2) is 6.61 Å². The van der Waals surface area contributed by atoms with E-state index in [0.29, 0.717) is 0 Å². The molecule has 0 N–H and O–H groups in total. The molecule has 1 aromatic rings. The van der Waals surface area contributed by atoms with Crippen molar-refractivity contribution >= 4 is 16.9 Å². The Balaban J connectivity index is 1.46. The Morgan fingerprint density at radius 2 is 1.62 bits per heavy atom. The van der Waals surface area contributed by atoms with E-state index in [2.05, 4.69) is 12.1 Å². The summed E-state index contributed by atoms with van der Waals surface area (Å²) < 4.78 is 11.3. The van der Waals surface area contributed by atoms with Crippen LogP contribution in [0.1, 0.15) is 58.3 Å². The number of hydrogen-bond acceptors (Lipinski definition) is 3. The first kappa shape index (κ1) is 17.7. The molecule has 1 aliphatic carbocycles. The van der Waals surface area contributed by atoms with Crippen molar-refractivity contribution in [2.75, 3.05) is 18.1 Å². The zero-order valence-electron chi connectivity index (χ0n) is 14.8. The van der Waals surface area contributed by atoms with Gasteiger partial charge in [-0.25, -0.2) is 15.7 Å². The summed E-state index contributed by atoms with van der Waals surface area (Å²) in [4.78, 5) is 13.5. The van der Waals surface area contributed by atoms with Crippen molar-refractivity contribution < 1.29 is 14.3 Å². The van der Waals surface area contributed by atoms with E-state index in [4.69, 9.17) is 9.47 Å². The number of ether oxygens (including phenoxy) is 2. The molecule has 0 spiro atoms. The molecule has 3 rings (SSSR count). The maximum absolute atomic E-state index is 12.1. The third-order valence-electron chi connectivity index (χ3n) is 5.19. The van der Waals surface area contributed by atoms with Crippen LogP contribution in [0.25, 0.3) is 0 Å². The van der Waals surface area contributed by atoms with Crippen LogP contribution < -0.4 is 4.74 Å². The maximum atomic E-state index is 12.1. The first-order valence-corrected chi connectivity index (χ1v) is 11.1. The minimum atomic E-state index is -0.286. The van der Waals surface area contributed by atoms with Gasteiger partial charge in [-0.1, -0.05) is 12.8 Å². The first-order valence-electron chi connectivity index (χ1n) is 9.34. The van der Waals surface area contributed by atoms with E-state index in [1.165, 1.54) is 42.1 Å². The lowest BCUT2D eigenvalue weighted by atomic mass is 9.86. The molecule has 0 amide bonds. The van der Waals surface area contributed by atoms with Gasteiger partial charge < -0.3 is 9.47 Å². The quantitative estimate of drug-likeness (QED) is 0.607. The summed E-state index contributed by atoms with van der Waals surface area (Å²) in [7, 11) is 0.0332. The Morgan fingerprint density at radius 3 is 2.29 bits per heavy atom. The van der Waals surface area contributed by atoms with Gasteiger partial charge in [-0.2, -0.15) is 0 Å². The molecule has 0 radical (unpaired) electrons. The average molecular weight is 351 g/mol. The van der Waals surface area contributed by atoms with Crippen LogP contribution >= 0.6 is 10.9 Å². The van der Waals surface area contributed by atoms with Gasteiger partial charge >= 0.3 is 5.97 Å². The van der Waals surface area contributed by atoms with Crippen molar-refractivity contribution in [1.29, 1.82) is 0 Å². The van der Waals surface area contributed by atoms with E-state index in [-0.39, 0.29) is 29.1 Å². The molecule has 1 aromatic carbocycles. The lowest BCUT2D eigenvalue weighted by molar-refractivity contribution is -0.163. The molecule has 0 bridgehead atoms. The van der Waals surface area contributed by atoms with Crippen LogP contribution in [0.2, 0.25) is 0 Å². The number of thiol groups is 1. The van der Waals surface area contributed by atoms with E-state index in [9.17, 15) is 4.79 Å². The number of carbonyl (C=O) groups is 1. The minimum absolute atomic E-state index is 0.00367. The molecule has 2 fully saturated rings. The summed E-state index contributed by atoms with van der Waals surface area (Å²) in [5, 5.41) is 0. The highest BCUT2D eigenvalue weighted by Gasteiger charge is 2.30. The van der Waals surface area contributed by atoms with Crippen molar-refractivity contribution in [3.8, 4) is 5.75 Å². The predicted octanol–water partition coefficient (Wildman–Crippen LogP) is 4.88. The second-order valence-corrected chi connectivity index (χ2v) is 9.81. The largest absolute Gasteiger partial charge is 0.482 e. The molecule has 1 saturated carbocycles. The van der Waals surface area contributed by atoms with E-state index in [1.54, 1.807) is 0 Å². The number of hydrogen-bond donors (Lipinski definition) is 1. The normalized spacial score (nSPS) is 22.0. The molecule has 1 heterocycles. The zero-order chi connectivity index (χ0) is 16.8. The second-order valence-electron chi connectivity index (χ2n) is 7.31. The lowest BCUT2D eigenvalue weighted by Gasteiger charge is -2.33. The fourth-order valence-corrected chi connectivity index (χ4v) is 6.27. The summed E-state index contributed by atoms with van der Waals surface area (Å²) in [5.74, 6) is 3.23. The molecular formula is C20H30O3S. The van der Waals surface area contributed by atoms with Crippen molar-refractivity contribution in [1.82, 2.24) is 0 Å². The third kappa shape index (κ3) is 4.92. The van der Waals surface area contributed by atoms with Gasteiger partial charge in [0.2, 0.25) is 0 Å². The van der Waals surface area contributed by atoms with E-state index < -0.39 is 0 Å². The average Bonchev–Trinajstić information content (AvgIpc) is 2.61.